The molecule has 22 heavy (non-hydrogen) atoms. The Bertz CT molecular complexity index is 432. The summed E-state index contributed by atoms with van der Waals surface area (Å²) in [6.45, 7) is 5.74. The molecular formula is C17H28N2O3. The van der Waals surface area contributed by atoms with Gasteiger partial charge in [-0.15, -0.1) is 0 Å². The molecule has 0 aromatic heterocycles. The minimum absolute atomic E-state index is 0.0309. The van der Waals surface area contributed by atoms with Crippen molar-refractivity contribution in [1.29, 1.82) is 0 Å². The molecule has 5 heteroatoms. The average molecular weight is 308 g/mol. The summed E-state index contributed by atoms with van der Waals surface area (Å²) in [7, 11) is 1.66. The van der Waals surface area contributed by atoms with E-state index in [1.165, 1.54) is 12.8 Å². The summed E-state index contributed by atoms with van der Waals surface area (Å²) in [6, 6.07) is 0. The minimum Gasteiger partial charge on any atom is -0.383 e. The Morgan fingerprint density at radius 1 is 1.18 bits per heavy atom. The highest BCUT2D eigenvalue weighted by Gasteiger charge is 2.47. The van der Waals surface area contributed by atoms with Crippen molar-refractivity contribution >= 4 is 11.8 Å². The zero-order valence-corrected chi connectivity index (χ0v) is 13.8. The number of likely N-dealkylation sites (tertiary alicyclic amines) is 2. The summed E-state index contributed by atoms with van der Waals surface area (Å²) in [5, 5.41) is 0. The number of amides is 2. The number of carbonyl (C=O) groups is 2. The first-order chi connectivity index (χ1) is 10.6. The highest BCUT2D eigenvalue weighted by molar-refractivity contribution is 5.85. The molecule has 2 aliphatic heterocycles. The van der Waals surface area contributed by atoms with Crippen LogP contribution < -0.4 is 0 Å². The molecule has 2 atom stereocenters. The summed E-state index contributed by atoms with van der Waals surface area (Å²) in [5.41, 5.74) is 0. The van der Waals surface area contributed by atoms with Crippen LogP contribution in [0.25, 0.3) is 0 Å². The van der Waals surface area contributed by atoms with Crippen LogP contribution in [-0.4, -0.2) is 61.5 Å². The summed E-state index contributed by atoms with van der Waals surface area (Å²) >= 11 is 0. The molecule has 5 nitrogen and oxygen atoms in total. The molecule has 0 aromatic rings. The Hall–Kier alpha value is -1.10. The maximum Gasteiger partial charge on any atom is 0.227 e. The molecule has 0 unspecified atom stereocenters. The van der Waals surface area contributed by atoms with Crippen LogP contribution in [0.15, 0.2) is 0 Å². The molecule has 1 aliphatic carbocycles. The van der Waals surface area contributed by atoms with Crippen LogP contribution in [0, 0.1) is 23.7 Å². The van der Waals surface area contributed by atoms with Crippen LogP contribution in [0.3, 0.4) is 0 Å². The molecule has 0 aromatic carbocycles. The van der Waals surface area contributed by atoms with Crippen molar-refractivity contribution in [3.63, 3.8) is 0 Å². The lowest BCUT2D eigenvalue weighted by atomic mass is 9.82. The van der Waals surface area contributed by atoms with E-state index in [0.717, 1.165) is 31.8 Å². The Labute approximate surface area is 133 Å². The normalized spacial score (nSPS) is 35.1. The van der Waals surface area contributed by atoms with Crippen molar-refractivity contribution < 1.29 is 14.3 Å². The molecular weight excluding hydrogens is 280 g/mol. The molecule has 3 rings (SSSR count). The zero-order valence-electron chi connectivity index (χ0n) is 13.8. The van der Waals surface area contributed by atoms with Crippen molar-refractivity contribution in [2.45, 2.75) is 32.6 Å². The van der Waals surface area contributed by atoms with Crippen molar-refractivity contribution in [2.75, 3.05) is 39.9 Å². The number of methoxy groups -OCH3 is 1. The predicted octanol–water partition coefficient (Wildman–Crippen LogP) is 1.38. The monoisotopic (exact) mass is 308 g/mol. The van der Waals surface area contributed by atoms with Gasteiger partial charge < -0.3 is 14.5 Å². The number of ether oxygens (including phenoxy) is 1. The molecule has 3 fully saturated rings. The molecule has 0 N–H and O–H groups in total. The van der Waals surface area contributed by atoms with Gasteiger partial charge in [0.1, 0.15) is 0 Å². The topological polar surface area (TPSA) is 49.9 Å². The molecule has 0 spiro atoms. The van der Waals surface area contributed by atoms with Gasteiger partial charge >= 0.3 is 0 Å². The lowest BCUT2D eigenvalue weighted by Crippen LogP contribution is -2.40. The third-order valence-corrected chi connectivity index (χ3v) is 5.77. The number of fused-ring (bicyclic) bond motifs is 1. The lowest BCUT2D eigenvalue weighted by molar-refractivity contribution is -0.137. The molecule has 124 valence electrons. The van der Waals surface area contributed by atoms with E-state index in [1.54, 1.807) is 7.11 Å². The average Bonchev–Trinajstić information content (AvgIpc) is 3.05. The fourth-order valence-electron chi connectivity index (χ4n) is 4.29. The van der Waals surface area contributed by atoms with Gasteiger partial charge in [0.2, 0.25) is 11.8 Å². The SMILES string of the molecule is COCCN1C[C@@H]2CN(C(=O)C3CCC(C)CC3)C[C@@H]2C1=O. The Morgan fingerprint density at radius 3 is 2.55 bits per heavy atom. The Kier molecular flexibility index (Phi) is 4.71. The van der Waals surface area contributed by atoms with Crippen LogP contribution in [0.1, 0.15) is 32.6 Å². The molecule has 0 radical (unpaired) electrons. The molecule has 2 amide bonds. The predicted molar refractivity (Wildman–Crippen MR) is 83.1 cm³/mol. The van der Waals surface area contributed by atoms with E-state index in [1.807, 2.05) is 9.80 Å². The van der Waals surface area contributed by atoms with E-state index in [-0.39, 0.29) is 17.7 Å². The van der Waals surface area contributed by atoms with Crippen LogP contribution in [0.2, 0.25) is 0 Å². The van der Waals surface area contributed by atoms with Gasteiger partial charge in [-0.05, 0) is 31.6 Å². The molecule has 1 saturated carbocycles. The van der Waals surface area contributed by atoms with E-state index >= 15 is 0 Å². The second-order valence-corrected chi connectivity index (χ2v) is 7.34. The van der Waals surface area contributed by atoms with E-state index in [0.29, 0.717) is 31.5 Å². The maximum atomic E-state index is 12.7. The van der Waals surface area contributed by atoms with Crippen molar-refractivity contribution in [1.82, 2.24) is 9.80 Å². The Morgan fingerprint density at radius 2 is 1.91 bits per heavy atom. The van der Waals surface area contributed by atoms with Gasteiger partial charge in [0.15, 0.2) is 0 Å². The second kappa shape index (κ2) is 6.57. The highest BCUT2D eigenvalue weighted by Crippen LogP contribution is 2.35. The molecule has 2 heterocycles. The van der Waals surface area contributed by atoms with Crippen molar-refractivity contribution in [3.8, 4) is 0 Å². The van der Waals surface area contributed by atoms with Gasteiger partial charge in [0, 0.05) is 45.1 Å². The fourth-order valence-corrected chi connectivity index (χ4v) is 4.29. The van der Waals surface area contributed by atoms with Crippen LogP contribution in [0.4, 0.5) is 0 Å². The van der Waals surface area contributed by atoms with Crippen molar-refractivity contribution in [2.24, 2.45) is 23.7 Å². The van der Waals surface area contributed by atoms with Crippen molar-refractivity contribution in [3.05, 3.63) is 0 Å². The highest BCUT2D eigenvalue weighted by atomic mass is 16.5. The fraction of sp³-hybridized carbons (Fsp3) is 0.882. The smallest absolute Gasteiger partial charge is 0.227 e. The zero-order chi connectivity index (χ0) is 15.7. The Balaban J connectivity index is 1.54. The maximum absolute atomic E-state index is 12.7. The quantitative estimate of drug-likeness (QED) is 0.788. The number of carbonyl (C=O) groups excluding carboxylic acids is 2. The van der Waals surface area contributed by atoms with E-state index in [4.69, 9.17) is 4.74 Å². The third kappa shape index (κ3) is 3.00. The molecule has 2 saturated heterocycles. The summed E-state index contributed by atoms with van der Waals surface area (Å²) < 4.78 is 5.06. The van der Waals surface area contributed by atoms with Crippen LogP contribution >= 0.6 is 0 Å². The van der Waals surface area contributed by atoms with Gasteiger partial charge in [-0.2, -0.15) is 0 Å². The minimum atomic E-state index is 0.0309. The van der Waals surface area contributed by atoms with E-state index in [2.05, 4.69) is 6.92 Å². The summed E-state index contributed by atoms with van der Waals surface area (Å²) in [6.07, 6.45) is 4.39. The van der Waals surface area contributed by atoms with Gasteiger partial charge in [-0.1, -0.05) is 6.92 Å². The number of hydrogen-bond donors (Lipinski definition) is 0. The molecule has 0 bridgehead atoms. The van der Waals surface area contributed by atoms with Crippen LogP contribution in [0.5, 0.6) is 0 Å². The first-order valence-corrected chi connectivity index (χ1v) is 8.66. The van der Waals surface area contributed by atoms with Crippen LogP contribution in [-0.2, 0) is 14.3 Å². The molecule has 3 aliphatic rings. The second-order valence-electron chi connectivity index (χ2n) is 7.34. The number of rotatable bonds is 4. The first kappa shape index (κ1) is 15.8. The van der Waals surface area contributed by atoms with Gasteiger partial charge in [-0.3, -0.25) is 9.59 Å². The van der Waals surface area contributed by atoms with Gasteiger partial charge in [0.25, 0.3) is 0 Å². The third-order valence-electron chi connectivity index (χ3n) is 5.77. The largest absolute Gasteiger partial charge is 0.383 e. The summed E-state index contributed by atoms with van der Waals surface area (Å²) in [4.78, 5) is 29.0. The summed E-state index contributed by atoms with van der Waals surface area (Å²) in [5.74, 6) is 1.85. The standard InChI is InChI=1S/C17H28N2O3/c1-12-3-5-13(6-4-12)16(20)19-10-14-9-18(7-8-22-2)17(21)15(14)11-19/h12-15H,3-11H2,1-2H3/t12?,13?,14-,15+/m1/s1. The number of hydrogen-bond acceptors (Lipinski definition) is 3. The van der Waals surface area contributed by atoms with E-state index in [9.17, 15) is 9.59 Å². The van der Waals surface area contributed by atoms with Gasteiger partial charge in [-0.25, -0.2) is 0 Å². The number of nitrogens with zero attached hydrogens (tertiary/aromatic N) is 2. The first-order valence-electron chi connectivity index (χ1n) is 8.66. The lowest BCUT2D eigenvalue weighted by Gasteiger charge is -2.29. The van der Waals surface area contributed by atoms with Gasteiger partial charge in [0.05, 0.1) is 12.5 Å². The van der Waals surface area contributed by atoms with E-state index < -0.39 is 0 Å².